The van der Waals surface area contributed by atoms with Gasteiger partial charge in [0.2, 0.25) is 0 Å². The second-order valence-corrected chi connectivity index (χ2v) is 6.86. The summed E-state index contributed by atoms with van der Waals surface area (Å²) < 4.78 is 23.5. The van der Waals surface area contributed by atoms with Crippen molar-refractivity contribution in [2.45, 2.75) is 68.8 Å². The number of hydrogen-bond acceptors (Lipinski definition) is 7. The molecule has 3 aliphatic rings. The Morgan fingerprint density at radius 2 is 2.04 bits per heavy atom. The number of hydrogen-bond donors (Lipinski definition) is 3. The molecule has 0 aliphatic carbocycles. The Morgan fingerprint density at radius 1 is 1.25 bits per heavy atom. The maximum absolute atomic E-state index is 10.8. The Kier molecular flexibility index (Phi) is 5.41. The van der Waals surface area contributed by atoms with E-state index in [9.17, 15) is 10.2 Å². The third-order valence-corrected chi connectivity index (χ3v) is 4.49. The van der Waals surface area contributed by atoms with Crippen LogP contribution in [0.4, 0.5) is 0 Å². The largest absolute Gasteiger partial charge is 0.393 e. The van der Waals surface area contributed by atoms with Crippen LogP contribution < -0.4 is 0 Å². The van der Waals surface area contributed by atoms with Crippen molar-refractivity contribution in [3.05, 3.63) is 24.3 Å². The van der Waals surface area contributed by atoms with Crippen LogP contribution >= 0.6 is 0 Å². The molecule has 0 amide bonds. The van der Waals surface area contributed by atoms with Gasteiger partial charge in [-0.1, -0.05) is 24.3 Å². The SMILES string of the molecule is CC1(C)OC[C@H]2O[C@H]3CC=C[C@H](/C=C/[C@H](O)CO)O[C@@H]3[C@@H](O)[C@@H]2O1. The van der Waals surface area contributed by atoms with E-state index in [1.54, 1.807) is 19.9 Å². The van der Waals surface area contributed by atoms with Gasteiger partial charge in [0, 0.05) is 0 Å². The van der Waals surface area contributed by atoms with Crippen LogP contribution in [0.5, 0.6) is 0 Å². The van der Waals surface area contributed by atoms with E-state index < -0.39 is 36.3 Å². The van der Waals surface area contributed by atoms with E-state index >= 15 is 0 Å². The van der Waals surface area contributed by atoms with Crippen molar-refractivity contribution >= 4 is 0 Å². The van der Waals surface area contributed by atoms with Crippen LogP contribution in [-0.4, -0.2) is 77.0 Å². The maximum Gasteiger partial charge on any atom is 0.163 e. The smallest absolute Gasteiger partial charge is 0.163 e. The summed E-state index contributed by atoms with van der Waals surface area (Å²) in [5.74, 6) is -0.772. The zero-order valence-corrected chi connectivity index (χ0v) is 13.9. The molecule has 7 heteroatoms. The summed E-state index contributed by atoms with van der Waals surface area (Å²) in [4.78, 5) is 0. The highest BCUT2D eigenvalue weighted by atomic mass is 16.7. The molecule has 0 unspecified atom stereocenters. The van der Waals surface area contributed by atoms with Gasteiger partial charge < -0.3 is 34.3 Å². The predicted octanol–water partition coefficient (Wildman–Crippen LogP) is -0.111. The van der Waals surface area contributed by atoms with E-state index in [1.807, 2.05) is 12.2 Å². The van der Waals surface area contributed by atoms with Crippen LogP contribution in [0, 0.1) is 0 Å². The summed E-state index contributed by atoms with van der Waals surface area (Å²) in [5, 5.41) is 29.1. The van der Waals surface area contributed by atoms with Crippen molar-refractivity contribution in [2.75, 3.05) is 13.2 Å². The zero-order chi connectivity index (χ0) is 17.3. The Balaban J connectivity index is 1.72. The fraction of sp³-hybridized carbons (Fsp3) is 0.765. The number of aliphatic hydroxyl groups excluding tert-OH is 3. The molecule has 3 aliphatic heterocycles. The molecule has 0 radical (unpaired) electrons. The standard InChI is InChI=1S/C17H26O7/c1-17(2)21-9-13-16(24-17)14(20)15-12(23-13)5-3-4-11(22-15)7-6-10(19)8-18/h3-4,6-7,10-16,18-20H,5,8-9H2,1-2H3/b7-6+/t10-,11+,12-,13+,14+,15-,16+/m0/s1. The van der Waals surface area contributed by atoms with Gasteiger partial charge in [-0.15, -0.1) is 0 Å². The molecule has 2 fully saturated rings. The third-order valence-electron chi connectivity index (χ3n) is 4.49. The van der Waals surface area contributed by atoms with E-state index in [1.165, 1.54) is 6.08 Å². The summed E-state index contributed by atoms with van der Waals surface area (Å²) in [6, 6.07) is 0. The van der Waals surface area contributed by atoms with E-state index in [4.69, 9.17) is 24.1 Å². The van der Waals surface area contributed by atoms with Crippen LogP contribution in [-0.2, 0) is 18.9 Å². The lowest BCUT2D eigenvalue weighted by atomic mass is 9.92. The number of rotatable bonds is 3. The molecule has 0 aromatic carbocycles. The molecule has 0 aromatic rings. The fourth-order valence-corrected chi connectivity index (χ4v) is 3.27. The highest BCUT2D eigenvalue weighted by Gasteiger charge is 2.51. The molecular formula is C17H26O7. The zero-order valence-electron chi connectivity index (χ0n) is 13.9. The number of fused-ring (bicyclic) bond motifs is 2. The fourth-order valence-electron chi connectivity index (χ4n) is 3.27. The monoisotopic (exact) mass is 342 g/mol. The van der Waals surface area contributed by atoms with Gasteiger partial charge in [-0.05, 0) is 20.3 Å². The highest BCUT2D eigenvalue weighted by Crippen LogP contribution is 2.35. The van der Waals surface area contributed by atoms with E-state index in [-0.39, 0.29) is 18.8 Å². The second-order valence-electron chi connectivity index (χ2n) is 6.86. The van der Waals surface area contributed by atoms with Crippen LogP contribution in [0.15, 0.2) is 24.3 Å². The quantitative estimate of drug-likeness (QED) is 0.616. The predicted molar refractivity (Wildman–Crippen MR) is 84.2 cm³/mol. The molecule has 3 rings (SSSR count). The Bertz CT molecular complexity index is 489. The van der Waals surface area contributed by atoms with Crippen molar-refractivity contribution in [1.82, 2.24) is 0 Å². The molecule has 24 heavy (non-hydrogen) atoms. The first-order valence-electron chi connectivity index (χ1n) is 8.34. The normalized spacial score (nSPS) is 43.0. The summed E-state index contributed by atoms with van der Waals surface area (Å²) in [6.45, 7) is 3.63. The van der Waals surface area contributed by atoms with Gasteiger partial charge in [0.05, 0.1) is 31.5 Å². The number of ether oxygens (including phenoxy) is 4. The van der Waals surface area contributed by atoms with Crippen molar-refractivity contribution in [3.63, 3.8) is 0 Å². The molecule has 3 N–H and O–H groups in total. The molecular weight excluding hydrogens is 316 g/mol. The molecule has 136 valence electrons. The van der Waals surface area contributed by atoms with Gasteiger partial charge in [0.1, 0.15) is 24.4 Å². The molecule has 0 aromatic heterocycles. The minimum Gasteiger partial charge on any atom is -0.393 e. The first-order chi connectivity index (χ1) is 11.4. The Hall–Kier alpha value is -0.800. The molecule has 7 nitrogen and oxygen atoms in total. The van der Waals surface area contributed by atoms with Gasteiger partial charge in [0.25, 0.3) is 0 Å². The first kappa shape index (κ1) is 18.0. The molecule has 0 spiro atoms. The number of aliphatic hydroxyl groups is 3. The van der Waals surface area contributed by atoms with Gasteiger partial charge in [0.15, 0.2) is 5.79 Å². The molecule has 7 atom stereocenters. The molecule has 0 bridgehead atoms. The maximum atomic E-state index is 10.8. The average Bonchev–Trinajstić information content (AvgIpc) is 2.75. The summed E-state index contributed by atoms with van der Waals surface area (Å²) >= 11 is 0. The van der Waals surface area contributed by atoms with E-state index in [0.29, 0.717) is 13.0 Å². The van der Waals surface area contributed by atoms with Crippen molar-refractivity contribution in [1.29, 1.82) is 0 Å². The Morgan fingerprint density at radius 3 is 2.79 bits per heavy atom. The van der Waals surface area contributed by atoms with E-state index in [0.717, 1.165) is 0 Å². The van der Waals surface area contributed by atoms with Crippen LogP contribution in [0.1, 0.15) is 20.3 Å². The summed E-state index contributed by atoms with van der Waals surface area (Å²) in [7, 11) is 0. The van der Waals surface area contributed by atoms with E-state index in [2.05, 4.69) is 0 Å². The first-order valence-corrected chi connectivity index (χ1v) is 8.34. The van der Waals surface area contributed by atoms with Crippen LogP contribution in [0.25, 0.3) is 0 Å². The highest BCUT2D eigenvalue weighted by molar-refractivity contribution is 5.10. The lowest BCUT2D eigenvalue weighted by molar-refractivity contribution is -0.360. The molecule has 0 saturated carbocycles. The second kappa shape index (κ2) is 7.21. The molecule has 2 saturated heterocycles. The topological polar surface area (TPSA) is 97.6 Å². The minimum absolute atomic E-state index is 0.285. The summed E-state index contributed by atoms with van der Waals surface area (Å²) in [5.41, 5.74) is 0. The van der Waals surface area contributed by atoms with Gasteiger partial charge in [-0.25, -0.2) is 0 Å². The van der Waals surface area contributed by atoms with Gasteiger partial charge in [-0.3, -0.25) is 0 Å². The Labute approximate surface area is 141 Å². The van der Waals surface area contributed by atoms with Gasteiger partial charge in [-0.2, -0.15) is 0 Å². The van der Waals surface area contributed by atoms with Crippen molar-refractivity contribution in [2.24, 2.45) is 0 Å². The van der Waals surface area contributed by atoms with Crippen molar-refractivity contribution in [3.8, 4) is 0 Å². The van der Waals surface area contributed by atoms with Crippen LogP contribution in [0.2, 0.25) is 0 Å². The lowest BCUT2D eigenvalue weighted by Gasteiger charge is -2.49. The average molecular weight is 342 g/mol. The third kappa shape index (κ3) is 3.88. The minimum atomic E-state index is -0.933. The van der Waals surface area contributed by atoms with Gasteiger partial charge >= 0.3 is 0 Å². The van der Waals surface area contributed by atoms with Crippen LogP contribution in [0.3, 0.4) is 0 Å². The lowest BCUT2D eigenvalue weighted by Crippen LogP contribution is -2.64. The molecule has 3 heterocycles. The van der Waals surface area contributed by atoms with Crippen molar-refractivity contribution < 1.29 is 34.3 Å². The summed E-state index contributed by atoms with van der Waals surface area (Å²) in [6.07, 6.45) is 3.68.